The van der Waals surface area contributed by atoms with E-state index in [9.17, 15) is 0 Å². The van der Waals surface area contributed by atoms with Crippen molar-refractivity contribution in [1.29, 1.82) is 0 Å². The number of hydrogen-bond acceptors (Lipinski definition) is 2. The van der Waals surface area contributed by atoms with Crippen molar-refractivity contribution in [2.24, 2.45) is 15.6 Å². The van der Waals surface area contributed by atoms with E-state index in [0.717, 1.165) is 6.54 Å². The van der Waals surface area contributed by atoms with E-state index in [4.69, 9.17) is 0 Å². The van der Waals surface area contributed by atoms with E-state index < -0.39 is 0 Å². The molecule has 0 N–H and O–H groups in total. The summed E-state index contributed by atoms with van der Waals surface area (Å²) in [4.78, 5) is 0. The van der Waals surface area contributed by atoms with Crippen molar-refractivity contribution in [3.8, 4) is 0 Å². The van der Waals surface area contributed by atoms with Crippen molar-refractivity contribution in [2.75, 3.05) is 6.54 Å². The number of hydrogen-bond donors (Lipinski definition) is 0. The number of nitrogens with zero attached hydrogens (tertiary/aromatic N) is 2. The van der Waals surface area contributed by atoms with E-state index in [-0.39, 0.29) is 0 Å². The molecular formula is C8H16N2. The largest absolute Gasteiger partial charge is 0.194 e. The van der Waals surface area contributed by atoms with Crippen molar-refractivity contribution >= 4 is 0 Å². The second kappa shape index (κ2) is 2.69. The highest BCUT2D eigenvalue weighted by molar-refractivity contribution is 4.77. The first kappa shape index (κ1) is 7.70. The highest BCUT2D eigenvalue weighted by Gasteiger charge is 2.22. The lowest BCUT2D eigenvalue weighted by Gasteiger charge is -2.22. The van der Waals surface area contributed by atoms with E-state index in [1.165, 1.54) is 12.8 Å². The third-order valence-corrected chi connectivity index (χ3v) is 2.02. The van der Waals surface area contributed by atoms with Crippen molar-refractivity contribution in [1.82, 2.24) is 0 Å². The van der Waals surface area contributed by atoms with Crippen LogP contribution in [0.3, 0.4) is 0 Å². The molecule has 58 valence electrons. The van der Waals surface area contributed by atoms with Gasteiger partial charge in [0.1, 0.15) is 0 Å². The first-order valence-electron chi connectivity index (χ1n) is 3.97. The molecule has 0 amide bonds. The molecule has 0 saturated carbocycles. The number of rotatable bonds is 0. The molecule has 1 aliphatic heterocycles. The van der Waals surface area contributed by atoms with Crippen LogP contribution in [0.4, 0.5) is 0 Å². The molecule has 0 aromatic carbocycles. The number of azo groups is 1. The van der Waals surface area contributed by atoms with Crippen molar-refractivity contribution in [3.63, 3.8) is 0 Å². The van der Waals surface area contributed by atoms with Crippen LogP contribution in [-0.4, -0.2) is 12.6 Å². The van der Waals surface area contributed by atoms with Crippen LogP contribution in [0.25, 0.3) is 0 Å². The molecule has 0 radical (unpaired) electrons. The minimum Gasteiger partial charge on any atom is -0.194 e. The van der Waals surface area contributed by atoms with E-state index in [0.29, 0.717) is 11.5 Å². The Bertz CT molecular complexity index is 138. The smallest absolute Gasteiger partial charge is 0.0685 e. The van der Waals surface area contributed by atoms with Crippen LogP contribution in [0, 0.1) is 5.41 Å². The SMILES string of the molecule is CC1CC(C)(C)CCN=N1. The summed E-state index contributed by atoms with van der Waals surface area (Å²) < 4.78 is 0. The fourth-order valence-corrected chi connectivity index (χ4v) is 1.49. The normalized spacial score (nSPS) is 31.7. The van der Waals surface area contributed by atoms with Gasteiger partial charge >= 0.3 is 0 Å². The maximum absolute atomic E-state index is 4.14. The minimum absolute atomic E-state index is 0.428. The van der Waals surface area contributed by atoms with E-state index >= 15 is 0 Å². The lowest BCUT2D eigenvalue weighted by molar-refractivity contribution is 0.307. The molecule has 1 heterocycles. The summed E-state index contributed by atoms with van der Waals surface area (Å²) in [6.45, 7) is 7.63. The molecule has 0 aromatic rings. The summed E-state index contributed by atoms with van der Waals surface area (Å²) in [5.41, 5.74) is 0.447. The van der Waals surface area contributed by atoms with Gasteiger partial charge < -0.3 is 0 Å². The summed E-state index contributed by atoms with van der Waals surface area (Å²) in [6.07, 6.45) is 2.36. The monoisotopic (exact) mass is 140 g/mol. The second-order valence-electron chi connectivity index (χ2n) is 3.95. The molecule has 2 nitrogen and oxygen atoms in total. The molecule has 10 heavy (non-hydrogen) atoms. The van der Waals surface area contributed by atoms with Gasteiger partial charge in [-0.2, -0.15) is 10.2 Å². The van der Waals surface area contributed by atoms with Gasteiger partial charge in [0.25, 0.3) is 0 Å². The van der Waals surface area contributed by atoms with Gasteiger partial charge in [-0.15, -0.1) is 0 Å². The molecule has 1 rings (SSSR count). The van der Waals surface area contributed by atoms with Crippen LogP contribution in [0.15, 0.2) is 10.2 Å². The average molecular weight is 140 g/mol. The van der Waals surface area contributed by atoms with Gasteiger partial charge in [-0.05, 0) is 25.2 Å². The molecule has 1 aliphatic rings. The fraction of sp³-hybridized carbons (Fsp3) is 1.00. The lowest BCUT2D eigenvalue weighted by Crippen LogP contribution is -2.16. The highest BCUT2D eigenvalue weighted by atomic mass is 15.1. The van der Waals surface area contributed by atoms with Crippen molar-refractivity contribution in [2.45, 2.75) is 39.7 Å². The van der Waals surface area contributed by atoms with E-state index in [1.54, 1.807) is 0 Å². The summed E-state index contributed by atoms with van der Waals surface area (Å²) in [5.74, 6) is 0. The quantitative estimate of drug-likeness (QED) is 0.494. The first-order valence-corrected chi connectivity index (χ1v) is 3.97. The summed E-state index contributed by atoms with van der Waals surface area (Å²) in [6, 6.07) is 0.428. The Balaban J connectivity index is 2.55. The standard InChI is InChI=1S/C8H16N2/c1-7-6-8(2,3)4-5-9-10-7/h7H,4-6H2,1-3H3. The van der Waals surface area contributed by atoms with Crippen LogP contribution in [-0.2, 0) is 0 Å². The Morgan fingerprint density at radius 2 is 2.10 bits per heavy atom. The van der Waals surface area contributed by atoms with Crippen molar-refractivity contribution < 1.29 is 0 Å². The third-order valence-electron chi connectivity index (χ3n) is 2.02. The zero-order valence-electron chi connectivity index (χ0n) is 7.09. The molecule has 0 aliphatic carbocycles. The van der Waals surface area contributed by atoms with Gasteiger partial charge in [-0.25, -0.2) is 0 Å². The molecule has 1 atom stereocenters. The maximum atomic E-state index is 4.14. The topological polar surface area (TPSA) is 24.7 Å². The van der Waals surface area contributed by atoms with Gasteiger partial charge in [0.15, 0.2) is 0 Å². The zero-order chi connectivity index (χ0) is 7.61. The van der Waals surface area contributed by atoms with Gasteiger partial charge in [0, 0.05) is 0 Å². The van der Waals surface area contributed by atoms with Gasteiger partial charge in [0.05, 0.1) is 12.6 Å². The third kappa shape index (κ3) is 2.09. The predicted molar refractivity (Wildman–Crippen MR) is 42.2 cm³/mol. The summed E-state index contributed by atoms with van der Waals surface area (Å²) in [5, 5.41) is 8.22. The molecule has 2 heteroatoms. The van der Waals surface area contributed by atoms with Crippen LogP contribution >= 0.6 is 0 Å². The summed E-state index contributed by atoms with van der Waals surface area (Å²) >= 11 is 0. The van der Waals surface area contributed by atoms with Crippen LogP contribution < -0.4 is 0 Å². The Hall–Kier alpha value is -0.400. The molecule has 0 aromatic heterocycles. The van der Waals surface area contributed by atoms with Gasteiger partial charge in [-0.3, -0.25) is 0 Å². The Labute approximate surface area is 62.7 Å². The second-order valence-corrected chi connectivity index (χ2v) is 3.95. The van der Waals surface area contributed by atoms with E-state index in [2.05, 4.69) is 31.0 Å². The molecule has 0 fully saturated rings. The predicted octanol–water partition coefficient (Wildman–Crippen LogP) is 2.65. The summed E-state index contributed by atoms with van der Waals surface area (Å²) in [7, 11) is 0. The lowest BCUT2D eigenvalue weighted by atomic mass is 9.84. The Morgan fingerprint density at radius 1 is 1.40 bits per heavy atom. The Morgan fingerprint density at radius 3 is 2.80 bits per heavy atom. The Kier molecular flexibility index (Phi) is 2.07. The minimum atomic E-state index is 0.428. The fourth-order valence-electron chi connectivity index (χ4n) is 1.49. The van der Waals surface area contributed by atoms with Gasteiger partial charge in [-0.1, -0.05) is 13.8 Å². The molecule has 0 saturated heterocycles. The van der Waals surface area contributed by atoms with Crippen LogP contribution in [0.2, 0.25) is 0 Å². The highest BCUT2D eigenvalue weighted by Crippen LogP contribution is 2.29. The molecule has 0 bridgehead atoms. The van der Waals surface area contributed by atoms with Crippen LogP contribution in [0.1, 0.15) is 33.6 Å². The van der Waals surface area contributed by atoms with Crippen molar-refractivity contribution in [3.05, 3.63) is 0 Å². The van der Waals surface area contributed by atoms with Gasteiger partial charge in [0.2, 0.25) is 0 Å². The maximum Gasteiger partial charge on any atom is 0.0685 e. The molecule has 0 spiro atoms. The molecule has 1 unspecified atom stereocenters. The molecular weight excluding hydrogens is 124 g/mol. The van der Waals surface area contributed by atoms with Crippen LogP contribution in [0.5, 0.6) is 0 Å². The zero-order valence-corrected chi connectivity index (χ0v) is 7.09. The first-order chi connectivity index (χ1) is 4.60. The van der Waals surface area contributed by atoms with E-state index in [1.807, 2.05) is 0 Å². The average Bonchev–Trinajstić information content (AvgIpc) is 1.90.